The fraction of sp³-hybridized carbons (Fsp3) is 0.523. The second-order valence-corrected chi connectivity index (χ2v) is 14.9. The summed E-state index contributed by atoms with van der Waals surface area (Å²) in [5, 5.41) is 27.0. The smallest absolute Gasteiger partial charge is 0.412 e. The molecule has 314 valence electrons. The maximum atomic E-state index is 14.5. The van der Waals surface area contributed by atoms with Crippen LogP contribution in [0.3, 0.4) is 0 Å². The minimum absolute atomic E-state index is 0.0162. The number of allylic oxidation sites excluding steroid dienone is 1. The van der Waals surface area contributed by atoms with Gasteiger partial charge in [-0.2, -0.15) is 0 Å². The van der Waals surface area contributed by atoms with E-state index in [4.69, 9.17) is 33.3 Å². The highest BCUT2D eigenvalue weighted by molar-refractivity contribution is 6.03. The van der Waals surface area contributed by atoms with E-state index in [9.17, 15) is 19.8 Å². The first-order valence-corrected chi connectivity index (χ1v) is 20.3. The average Bonchev–Trinajstić information content (AvgIpc) is 3.69. The van der Waals surface area contributed by atoms with Crippen LogP contribution in [0, 0.1) is 17.8 Å². The zero-order chi connectivity index (χ0) is 41.1. The number of fused-ring (bicyclic) bond motifs is 3. The molecular formula is C44H57N3O11. The van der Waals surface area contributed by atoms with Crippen molar-refractivity contribution in [3.05, 3.63) is 84.5 Å². The molecule has 2 aliphatic carbocycles. The maximum absolute atomic E-state index is 14.5. The molecule has 0 unspecified atom stereocenters. The van der Waals surface area contributed by atoms with Crippen LogP contribution in [0.4, 0.5) is 9.59 Å². The predicted octanol–water partition coefficient (Wildman–Crippen LogP) is 7.00. The molecule has 14 nitrogen and oxygen atoms in total. The Balaban J connectivity index is 1.57. The highest BCUT2D eigenvalue weighted by Crippen LogP contribution is 2.62. The van der Waals surface area contributed by atoms with Gasteiger partial charge in [-0.1, -0.05) is 42.3 Å². The Morgan fingerprint density at radius 1 is 1.02 bits per heavy atom. The monoisotopic (exact) mass is 803 g/mol. The van der Waals surface area contributed by atoms with E-state index in [1.54, 1.807) is 29.2 Å². The largest absolute Gasteiger partial charge is 0.459 e. The molecule has 4 aliphatic rings. The number of unbranched alkanes of at least 4 members (excludes halogenated alkanes) is 2. The molecule has 1 saturated carbocycles. The molecule has 0 aromatic heterocycles. The van der Waals surface area contributed by atoms with Gasteiger partial charge in [-0.3, -0.25) is 4.90 Å². The van der Waals surface area contributed by atoms with Gasteiger partial charge in [0, 0.05) is 44.2 Å². The number of aliphatic hydroxyl groups excluding tert-OH is 2. The number of hydrogen-bond acceptors (Lipinski definition) is 12. The molecule has 58 heavy (non-hydrogen) atoms. The second-order valence-electron chi connectivity index (χ2n) is 14.9. The summed E-state index contributed by atoms with van der Waals surface area (Å²) in [6.07, 6.45) is 9.46. The number of carbonyl (C=O) groups excluding carboxylic acids is 2. The molecule has 1 fully saturated rings. The molecule has 2 aromatic carbocycles. The summed E-state index contributed by atoms with van der Waals surface area (Å²) in [5.74, 6) is -0.291. The van der Waals surface area contributed by atoms with Crippen molar-refractivity contribution in [1.82, 2.24) is 10.2 Å². The summed E-state index contributed by atoms with van der Waals surface area (Å²) in [6, 6.07) is 10.1. The Bertz CT molecular complexity index is 1830. The van der Waals surface area contributed by atoms with Gasteiger partial charge in [0.05, 0.1) is 24.8 Å². The first kappa shape index (κ1) is 42.6. The highest BCUT2D eigenvalue weighted by atomic mass is 16.7. The molecule has 14 heteroatoms. The third kappa shape index (κ3) is 9.14. The van der Waals surface area contributed by atoms with Crippen LogP contribution in [-0.2, 0) is 20.9 Å². The summed E-state index contributed by atoms with van der Waals surface area (Å²) < 4.78 is 37.2. The predicted molar refractivity (Wildman–Crippen MR) is 216 cm³/mol. The van der Waals surface area contributed by atoms with Crippen molar-refractivity contribution in [3.8, 4) is 23.0 Å². The Morgan fingerprint density at radius 2 is 1.79 bits per heavy atom. The van der Waals surface area contributed by atoms with E-state index in [0.29, 0.717) is 54.5 Å². The molecule has 2 aromatic rings. The lowest BCUT2D eigenvalue weighted by Gasteiger charge is -2.59. The number of nitrogens with zero attached hydrogens (tertiary/aromatic N) is 2. The van der Waals surface area contributed by atoms with Gasteiger partial charge in [0.2, 0.25) is 12.6 Å². The van der Waals surface area contributed by atoms with Crippen molar-refractivity contribution in [2.24, 2.45) is 22.9 Å². The van der Waals surface area contributed by atoms with Gasteiger partial charge in [-0.25, -0.2) is 9.59 Å². The first-order chi connectivity index (χ1) is 28.3. The number of nitrogens with one attached hydrogen (secondary N) is 1. The SMILES string of the molecule is C=CCCOC(=O)N(Cc1ccc2c(c1)OCO2)[C@H]1CC(=NOC)C2=C[C@H](CCCCO)[C@@H](CCCCO)[C@@H]3c4cc(OC(=O)NCC)ccc4O[C@@]1(OCC=C)[C@H]23. The van der Waals surface area contributed by atoms with Crippen molar-refractivity contribution >= 4 is 17.9 Å². The van der Waals surface area contributed by atoms with Crippen LogP contribution in [0.1, 0.15) is 75.3 Å². The van der Waals surface area contributed by atoms with Crippen molar-refractivity contribution < 1.29 is 53.1 Å². The van der Waals surface area contributed by atoms with Crippen molar-refractivity contribution in [3.63, 3.8) is 0 Å². The zero-order valence-electron chi connectivity index (χ0n) is 33.6. The molecule has 0 radical (unpaired) electrons. The van der Waals surface area contributed by atoms with Crippen LogP contribution >= 0.6 is 0 Å². The number of ether oxygens (including phenoxy) is 6. The number of oxime groups is 1. The molecule has 2 aliphatic heterocycles. The Morgan fingerprint density at radius 3 is 2.53 bits per heavy atom. The van der Waals surface area contributed by atoms with Gasteiger partial charge in [0.1, 0.15) is 24.7 Å². The lowest BCUT2D eigenvalue weighted by molar-refractivity contribution is -0.256. The van der Waals surface area contributed by atoms with Crippen LogP contribution in [-0.4, -0.2) is 91.7 Å². The third-order valence-electron chi connectivity index (χ3n) is 11.3. The molecule has 6 rings (SSSR count). The summed E-state index contributed by atoms with van der Waals surface area (Å²) in [4.78, 5) is 34.4. The molecule has 0 spiro atoms. The summed E-state index contributed by atoms with van der Waals surface area (Å²) in [5.41, 5.74) is 3.11. The normalized spacial score (nSPS) is 24.4. The van der Waals surface area contributed by atoms with Crippen LogP contribution in [0.25, 0.3) is 0 Å². The van der Waals surface area contributed by atoms with E-state index in [1.165, 1.54) is 7.11 Å². The summed E-state index contributed by atoms with van der Waals surface area (Å²) >= 11 is 0. The van der Waals surface area contributed by atoms with Crippen LogP contribution < -0.4 is 24.3 Å². The van der Waals surface area contributed by atoms with Crippen molar-refractivity contribution in [1.29, 1.82) is 0 Å². The zero-order valence-corrected chi connectivity index (χ0v) is 33.6. The van der Waals surface area contributed by atoms with Crippen molar-refractivity contribution in [2.45, 2.75) is 82.6 Å². The lowest BCUT2D eigenvalue weighted by atomic mass is 9.55. The van der Waals surface area contributed by atoms with Gasteiger partial charge in [-0.15, -0.1) is 13.2 Å². The topological polar surface area (TPSA) is 167 Å². The third-order valence-corrected chi connectivity index (χ3v) is 11.3. The standard InChI is InChI=1S/C44H57N3O11/c1-5-8-22-53-43(51)47(27-29-15-17-37-38(23-29)55-28-54-37)39-26-35(46-52-4)33-24-30(13-9-11-19-48)32(14-10-12-20-49)40-34-25-31(57-42(50)45-7-3)16-18-36(34)58-44(39,41(33)40)56-21-6-2/h5-6,15-18,23-25,30,32,39-41,48-49H,1-2,7-14,19-22,26-28H2,3-4H3,(H,45,50)/t30-,32+,39-,40+,41+,44+/m0/s1. The molecule has 6 atom stereocenters. The van der Waals surface area contributed by atoms with Crippen LogP contribution in [0.2, 0.25) is 0 Å². The number of hydrogen-bond donors (Lipinski definition) is 3. The molecule has 0 bridgehead atoms. The first-order valence-electron chi connectivity index (χ1n) is 20.3. The minimum atomic E-state index is -1.51. The van der Waals surface area contributed by atoms with E-state index in [0.717, 1.165) is 42.4 Å². The Kier molecular flexibility index (Phi) is 14.7. The van der Waals surface area contributed by atoms with Gasteiger partial charge < -0.3 is 48.8 Å². The molecule has 0 saturated heterocycles. The second kappa shape index (κ2) is 20.1. The fourth-order valence-corrected chi connectivity index (χ4v) is 8.96. The van der Waals surface area contributed by atoms with E-state index in [-0.39, 0.29) is 63.9 Å². The number of aliphatic hydroxyl groups is 2. The van der Waals surface area contributed by atoms with E-state index < -0.39 is 29.9 Å². The highest BCUT2D eigenvalue weighted by Gasteiger charge is 2.65. The quantitative estimate of drug-likeness (QED) is 0.0717. The van der Waals surface area contributed by atoms with E-state index >= 15 is 0 Å². The Hall–Kier alpha value is -5.05. The van der Waals surface area contributed by atoms with Crippen molar-refractivity contribution in [2.75, 3.05) is 46.9 Å². The number of carbonyl (C=O) groups is 2. The number of amides is 2. The lowest BCUT2D eigenvalue weighted by Crippen LogP contribution is -2.70. The summed E-state index contributed by atoms with van der Waals surface area (Å²) in [6.45, 7) is 10.6. The number of rotatable bonds is 20. The van der Waals surface area contributed by atoms with Crippen LogP contribution in [0.5, 0.6) is 23.0 Å². The van der Waals surface area contributed by atoms with Gasteiger partial charge in [0.15, 0.2) is 11.5 Å². The molecule has 3 N–H and O–H groups in total. The van der Waals surface area contributed by atoms with Crippen LogP contribution in [0.15, 0.2) is 78.5 Å². The van der Waals surface area contributed by atoms with Gasteiger partial charge in [0.25, 0.3) is 0 Å². The van der Waals surface area contributed by atoms with Gasteiger partial charge in [-0.05, 0) is 92.3 Å². The molecular weight excluding hydrogens is 746 g/mol. The molecule has 2 heterocycles. The Labute approximate surface area is 340 Å². The number of benzene rings is 2. The van der Waals surface area contributed by atoms with Gasteiger partial charge >= 0.3 is 12.2 Å². The average molecular weight is 804 g/mol. The summed E-state index contributed by atoms with van der Waals surface area (Å²) in [7, 11) is 1.50. The minimum Gasteiger partial charge on any atom is -0.459 e. The fourth-order valence-electron chi connectivity index (χ4n) is 8.96. The van der Waals surface area contributed by atoms with E-state index in [1.807, 2.05) is 31.2 Å². The molecule has 2 amide bonds. The maximum Gasteiger partial charge on any atom is 0.412 e. The van der Waals surface area contributed by atoms with E-state index in [2.05, 4.69) is 29.7 Å².